The predicted molar refractivity (Wildman–Crippen MR) is 120 cm³/mol. The van der Waals surface area contributed by atoms with E-state index in [4.69, 9.17) is 33.3 Å². The Balaban J connectivity index is 1.71. The summed E-state index contributed by atoms with van der Waals surface area (Å²) >= 11 is 10.8. The molecule has 0 heterocycles. The maximum atomic E-state index is 12.0. The quantitative estimate of drug-likeness (QED) is 0.444. The van der Waals surface area contributed by atoms with Gasteiger partial charge < -0.3 is 9.47 Å². The van der Waals surface area contributed by atoms with Gasteiger partial charge in [-0.1, -0.05) is 37.6 Å². The van der Waals surface area contributed by atoms with Gasteiger partial charge in [-0.3, -0.25) is 25.8 Å². The zero-order valence-electron chi connectivity index (χ0n) is 17.0. The van der Waals surface area contributed by atoms with Crippen molar-refractivity contribution in [1.82, 2.24) is 16.2 Å². The van der Waals surface area contributed by atoms with Gasteiger partial charge in [-0.15, -0.1) is 0 Å². The molecule has 0 bridgehead atoms. The Morgan fingerprint density at radius 2 is 1.67 bits per heavy atom. The number of amides is 2. The van der Waals surface area contributed by atoms with E-state index in [-0.39, 0.29) is 24.2 Å². The summed E-state index contributed by atoms with van der Waals surface area (Å²) in [5.74, 6) is 0.500. The normalized spacial score (nSPS) is 10.3. The van der Waals surface area contributed by atoms with Gasteiger partial charge in [0, 0.05) is 5.02 Å². The number of hydrogen-bond donors (Lipinski definition) is 3. The molecule has 2 aromatic carbocycles. The molecule has 0 fully saturated rings. The number of ether oxygens (including phenoxy) is 2. The van der Waals surface area contributed by atoms with Crippen LogP contribution in [0, 0.1) is 6.92 Å². The molecule has 7 nitrogen and oxygen atoms in total. The molecule has 0 aliphatic heterocycles. The summed E-state index contributed by atoms with van der Waals surface area (Å²) in [6.45, 7) is 5.61. The third-order valence-electron chi connectivity index (χ3n) is 3.90. The van der Waals surface area contributed by atoms with E-state index in [0.29, 0.717) is 16.5 Å². The highest BCUT2D eigenvalue weighted by molar-refractivity contribution is 7.80. The van der Waals surface area contributed by atoms with Crippen molar-refractivity contribution in [3.05, 3.63) is 58.6 Å². The molecule has 0 radical (unpaired) electrons. The Kier molecular flexibility index (Phi) is 8.89. The van der Waals surface area contributed by atoms with Gasteiger partial charge in [0.05, 0.1) is 0 Å². The van der Waals surface area contributed by atoms with Gasteiger partial charge in [0.25, 0.3) is 11.8 Å². The van der Waals surface area contributed by atoms with Crippen molar-refractivity contribution < 1.29 is 19.1 Å². The lowest BCUT2D eigenvalue weighted by Gasteiger charge is -2.15. The van der Waals surface area contributed by atoms with Crippen molar-refractivity contribution in [2.45, 2.75) is 26.7 Å². The highest BCUT2D eigenvalue weighted by Crippen LogP contribution is 2.27. The van der Waals surface area contributed by atoms with Crippen LogP contribution >= 0.6 is 23.8 Å². The number of hydrazine groups is 1. The van der Waals surface area contributed by atoms with Gasteiger partial charge in [-0.05, 0) is 66.5 Å². The second-order valence-corrected chi connectivity index (χ2v) is 7.62. The molecule has 9 heteroatoms. The van der Waals surface area contributed by atoms with Crippen molar-refractivity contribution >= 4 is 40.7 Å². The number of aryl methyl sites for hydroxylation is 1. The van der Waals surface area contributed by atoms with Crippen LogP contribution in [0.3, 0.4) is 0 Å². The average Bonchev–Trinajstić information content (AvgIpc) is 2.70. The van der Waals surface area contributed by atoms with Crippen LogP contribution in [0.1, 0.15) is 30.9 Å². The second-order valence-electron chi connectivity index (χ2n) is 6.78. The van der Waals surface area contributed by atoms with E-state index < -0.39 is 11.8 Å². The van der Waals surface area contributed by atoms with Crippen molar-refractivity contribution in [2.24, 2.45) is 0 Å². The highest BCUT2D eigenvalue weighted by atomic mass is 35.5. The first-order valence-corrected chi connectivity index (χ1v) is 10.0. The summed E-state index contributed by atoms with van der Waals surface area (Å²) in [7, 11) is 0. The molecule has 160 valence electrons. The summed E-state index contributed by atoms with van der Waals surface area (Å²) in [6.07, 6.45) is 0. The van der Waals surface area contributed by atoms with Crippen LogP contribution in [0.2, 0.25) is 5.02 Å². The Bertz CT molecular complexity index is 904. The first-order chi connectivity index (χ1) is 14.2. The van der Waals surface area contributed by atoms with Gasteiger partial charge in [-0.2, -0.15) is 0 Å². The molecule has 0 unspecified atom stereocenters. The van der Waals surface area contributed by atoms with E-state index in [1.165, 1.54) is 0 Å². The third kappa shape index (κ3) is 7.88. The minimum atomic E-state index is -0.478. The van der Waals surface area contributed by atoms with Gasteiger partial charge in [0.1, 0.15) is 11.5 Å². The second kappa shape index (κ2) is 11.4. The molecule has 30 heavy (non-hydrogen) atoms. The van der Waals surface area contributed by atoms with E-state index in [2.05, 4.69) is 30.0 Å². The van der Waals surface area contributed by atoms with Crippen LogP contribution in [-0.2, 0) is 9.59 Å². The van der Waals surface area contributed by atoms with E-state index in [1.54, 1.807) is 24.3 Å². The number of rotatable bonds is 7. The number of nitrogens with one attached hydrogen (secondary N) is 3. The smallest absolute Gasteiger partial charge is 0.276 e. The maximum Gasteiger partial charge on any atom is 0.276 e. The molecule has 0 saturated heterocycles. The Labute approximate surface area is 186 Å². The Morgan fingerprint density at radius 1 is 1.00 bits per heavy atom. The molecule has 0 spiro atoms. The third-order valence-corrected chi connectivity index (χ3v) is 4.36. The number of benzene rings is 2. The summed E-state index contributed by atoms with van der Waals surface area (Å²) in [4.78, 5) is 23.9. The zero-order chi connectivity index (χ0) is 22.1. The summed E-state index contributed by atoms with van der Waals surface area (Å²) in [5, 5.41) is 2.90. The van der Waals surface area contributed by atoms with Crippen molar-refractivity contribution in [1.29, 1.82) is 0 Å². The minimum Gasteiger partial charge on any atom is -0.484 e. The minimum absolute atomic E-state index is 0.0634. The topological polar surface area (TPSA) is 88.7 Å². The number of carbonyl (C=O) groups excluding carboxylic acids is 2. The standard InChI is InChI=1S/C21H24ClN3O4S/c1-13(2)17-9-4-14(3)10-18(17)29-12-20(27)24-25-21(30)23-19(26)11-28-16-7-5-15(22)6-8-16/h4-10,13H,11-12H2,1-3H3,(H,24,27)(H2,23,25,26,30). The SMILES string of the molecule is Cc1ccc(C(C)C)c(OCC(=O)NNC(=S)NC(=O)COc2ccc(Cl)cc2)c1. The van der Waals surface area contributed by atoms with Gasteiger partial charge >= 0.3 is 0 Å². The first-order valence-electron chi connectivity index (χ1n) is 9.25. The van der Waals surface area contributed by atoms with Crippen LogP contribution in [0.5, 0.6) is 11.5 Å². The van der Waals surface area contributed by atoms with Crippen LogP contribution in [-0.4, -0.2) is 30.1 Å². The van der Waals surface area contributed by atoms with Crippen molar-refractivity contribution in [3.8, 4) is 11.5 Å². The predicted octanol–water partition coefficient (Wildman–Crippen LogP) is 3.25. The fraction of sp³-hybridized carbons (Fsp3) is 0.286. The number of hydrogen-bond acceptors (Lipinski definition) is 5. The molecule has 0 saturated carbocycles. The van der Waals surface area contributed by atoms with Gasteiger partial charge in [0.2, 0.25) is 0 Å². The van der Waals surface area contributed by atoms with E-state index >= 15 is 0 Å². The van der Waals surface area contributed by atoms with Crippen LogP contribution in [0.15, 0.2) is 42.5 Å². The van der Waals surface area contributed by atoms with E-state index in [1.807, 2.05) is 25.1 Å². The van der Waals surface area contributed by atoms with E-state index in [0.717, 1.165) is 11.1 Å². The highest BCUT2D eigenvalue weighted by Gasteiger charge is 2.11. The van der Waals surface area contributed by atoms with E-state index in [9.17, 15) is 9.59 Å². The molecule has 2 rings (SSSR count). The van der Waals surface area contributed by atoms with Gasteiger partial charge in [-0.25, -0.2) is 0 Å². The fourth-order valence-corrected chi connectivity index (χ4v) is 2.71. The lowest BCUT2D eigenvalue weighted by Crippen LogP contribution is -2.50. The lowest BCUT2D eigenvalue weighted by molar-refractivity contribution is -0.124. The summed E-state index contributed by atoms with van der Waals surface area (Å²) < 4.78 is 10.9. The Hall–Kier alpha value is -2.84. The number of halogens is 1. The van der Waals surface area contributed by atoms with Crippen LogP contribution < -0.4 is 25.6 Å². The Morgan fingerprint density at radius 3 is 2.33 bits per heavy atom. The summed E-state index contributed by atoms with van der Waals surface area (Å²) in [5.41, 5.74) is 6.88. The zero-order valence-corrected chi connectivity index (χ0v) is 18.5. The molecule has 3 N–H and O–H groups in total. The molecule has 2 aromatic rings. The molecule has 0 atom stereocenters. The molecule has 2 amide bonds. The maximum absolute atomic E-state index is 12.0. The van der Waals surface area contributed by atoms with Crippen LogP contribution in [0.4, 0.5) is 0 Å². The molecular formula is C21H24ClN3O4S. The molecule has 0 aromatic heterocycles. The largest absolute Gasteiger partial charge is 0.484 e. The molecular weight excluding hydrogens is 426 g/mol. The fourth-order valence-electron chi connectivity index (χ4n) is 2.42. The molecule has 0 aliphatic rings. The summed E-state index contributed by atoms with van der Waals surface area (Å²) in [6, 6.07) is 12.5. The average molecular weight is 450 g/mol. The monoisotopic (exact) mass is 449 g/mol. The van der Waals surface area contributed by atoms with Crippen molar-refractivity contribution in [2.75, 3.05) is 13.2 Å². The van der Waals surface area contributed by atoms with Gasteiger partial charge in [0.15, 0.2) is 18.3 Å². The lowest BCUT2D eigenvalue weighted by atomic mass is 10.0. The van der Waals surface area contributed by atoms with Crippen molar-refractivity contribution in [3.63, 3.8) is 0 Å². The number of carbonyl (C=O) groups is 2. The number of thiocarbonyl (C=S) groups is 1. The van der Waals surface area contributed by atoms with Crippen LogP contribution in [0.25, 0.3) is 0 Å². The first kappa shape index (κ1) is 23.4. The molecule has 0 aliphatic carbocycles.